The fourth-order valence-electron chi connectivity index (χ4n) is 2.68. The van der Waals surface area contributed by atoms with Crippen molar-refractivity contribution in [3.63, 3.8) is 0 Å². The average molecular weight is 332 g/mol. The second kappa shape index (κ2) is 8.08. The molecule has 1 atom stereocenters. The van der Waals surface area contributed by atoms with Crippen molar-refractivity contribution in [2.45, 2.75) is 44.6 Å². The number of anilines is 1. The molecule has 0 bridgehead atoms. The predicted octanol–water partition coefficient (Wildman–Crippen LogP) is 2.15. The molecule has 1 unspecified atom stereocenters. The van der Waals surface area contributed by atoms with Crippen LogP contribution in [0.3, 0.4) is 0 Å². The number of carbonyl (C=O) groups excluding carboxylic acids is 1. The highest BCUT2D eigenvalue weighted by Gasteiger charge is 2.23. The zero-order chi connectivity index (χ0) is 13.8. The molecule has 7 heteroatoms. The zero-order valence-corrected chi connectivity index (χ0v) is 13.7. The molecule has 1 fully saturated rings. The van der Waals surface area contributed by atoms with Crippen LogP contribution in [0.2, 0.25) is 0 Å². The molecule has 21 heavy (non-hydrogen) atoms. The second-order valence-corrected chi connectivity index (χ2v) is 6.44. The molecule has 1 aliphatic heterocycles. The van der Waals surface area contributed by atoms with Crippen LogP contribution in [0.4, 0.5) is 5.13 Å². The van der Waals surface area contributed by atoms with E-state index in [0.29, 0.717) is 13.2 Å². The standard InChI is InChI=1S/C14H21N3O2S.ClH/c18-13(11-9-15-7-8-19-11)17-14-16-10-5-3-1-2-4-6-12(10)20-14;/h11,15H,1-9H2,(H,16,17,18);1H. The maximum absolute atomic E-state index is 12.1. The number of aryl methyl sites for hydroxylation is 2. The van der Waals surface area contributed by atoms with E-state index in [-0.39, 0.29) is 18.3 Å². The third-order valence-corrected chi connectivity index (χ3v) is 4.87. The van der Waals surface area contributed by atoms with Crippen molar-refractivity contribution in [3.05, 3.63) is 10.6 Å². The monoisotopic (exact) mass is 331 g/mol. The summed E-state index contributed by atoms with van der Waals surface area (Å²) in [7, 11) is 0. The van der Waals surface area contributed by atoms with Gasteiger partial charge in [-0.2, -0.15) is 0 Å². The number of rotatable bonds is 2. The lowest BCUT2D eigenvalue weighted by molar-refractivity contribution is -0.128. The zero-order valence-electron chi connectivity index (χ0n) is 12.0. The Morgan fingerprint density at radius 3 is 2.86 bits per heavy atom. The highest BCUT2D eigenvalue weighted by molar-refractivity contribution is 7.15. The minimum atomic E-state index is -0.393. The van der Waals surface area contributed by atoms with Crippen molar-refractivity contribution < 1.29 is 9.53 Å². The van der Waals surface area contributed by atoms with Crippen molar-refractivity contribution in [2.24, 2.45) is 0 Å². The Balaban J connectivity index is 0.00000161. The molecule has 0 spiro atoms. The number of nitrogens with zero attached hydrogens (tertiary/aromatic N) is 1. The summed E-state index contributed by atoms with van der Waals surface area (Å²) in [5.74, 6) is -0.0843. The summed E-state index contributed by atoms with van der Waals surface area (Å²) in [4.78, 5) is 18.1. The number of amides is 1. The summed E-state index contributed by atoms with van der Waals surface area (Å²) < 4.78 is 5.46. The first-order valence-electron chi connectivity index (χ1n) is 7.45. The Morgan fingerprint density at radius 2 is 2.10 bits per heavy atom. The van der Waals surface area contributed by atoms with E-state index in [1.807, 2.05) is 0 Å². The molecule has 2 aliphatic rings. The molecule has 2 heterocycles. The highest BCUT2D eigenvalue weighted by atomic mass is 35.5. The average Bonchev–Trinajstić information content (AvgIpc) is 2.81. The van der Waals surface area contributed by atoms with Gasteiger partial charge >= 0.3 is 0 Å². The molecule has 1 saturated heterocycles. The lowest BCUT2D eigenvalue weighted by Crippen LogP contribution is -2.45. The van der Waals surface area contributed by atoms with Crippen LogP contribution in [0, 0.1) is 0 Å². The molecule has 118 valence electrons. The number of carbonyl (C=O) groups is 1. The van der Waals surface area contributed by atoms with Gasteiger partial charge in [0.1, 0.15) is 6.10 Å². The van der Waals surface area contributed by atoms with E-state index < -0.39 is 6.10 Å². The van der Waals surface area contributed by atoms with Gasteiger partial charge in [-0.3, -0.25) is 10.1 Å². The number of hydrogen-bond acceptors (Lipinski definition) is 5. The van der Waals surface area contributed by atoms with Gasteiger partial charge < -0.3 is 10.1 Å². The predicted molar refractivity (Wildman–Crippen MR) is 86.5 cm³/mol. The Bertz CT molecular complexity index is 449. The van der Waals surface area contributed by atoms with Gasteiger partial charge in [-0.15, -0.1) is 23.7 Å². The SMILES string of the molecule is Cl.O=C(Nc1nc2c(s1)CCCCCC2)C1CNCCO1. The largest absolute Gasteiger partial charge is 0.366 e. The molecule has 1 aromatic rings. The van der Waals surface area contributed by atoms with E-state index in [4.69, 9.17) is 4.74 Å². The number of ether oxygens (including phenoxy) is 1. The summed E-state index contributed by atoms with van der Waals surface area (Å²) in [5.41, 5.74) is 1.19. The Morgan fingerprint density at radius 1 is 1.29 bits per heavy atom. The van der Waals surface area contributed by atoms with Crippen molar-refractivity contribution in [3.8, 4) is 0 Å². The number of halogens is 1. The minimum Gasteiger partial charge on any atom is -0.366 e. The Hall–Kier alpha value is -0.690. The van der Waals surface area contributed by atoms with E-state index in [1.54, 1.807) is 11.3 Å². The number of fused-ring (bicyclic) bond motifs is 1. The minimum absolute atomic E-state index is 0. The molecule has 0 radical (unpaired) electrons. The molecule has 1 aliphatic carbocycles. The third-order valence-electron chi connectivity index (χ3n) is 3.80. The normalized spacial score (nSPS) is 22.4. The number of thiazole rings is 1. The first-order chi connectivity index (χ1) is 9.83. The molecular formula is C14H22ClN3O2S. The number of nitrogens with one attached hydrogen (secondary N) is 2. The molecule has 1 aromatic heterocycles. The first kappa shape index (κ1) is 16.7. The van der Waals surface area contributed by atoms with Crippen molar-refractivity contribution in [1.82, 2.24) is 10.3 Å². The lowest BCUT2D eigenvalue weighted by atomic mass is 10.0. The van der Waals surface area contributed by atoms with Crippen molar-refractivity contribution in [1.29, 1.82) is 0 Å². The van der Waals surface area contributed by atoms with Gasteiger partial charge in [0.15, 0.2) is 5.13 Å². The molecular weight excluding hydrogens is 310 g/mol. The topological polar surface area (TPSA) is 63.2 Å². The molecule has 0 saturated carbocycles. The second-order valence-electron chi connectivity index (χ2n) is 5.36. The van der Waals surface area contributed by atoms with Crippen LogP contribution in [0.5, 0.6) is 0 Å². The molecule has 1 amide bonds. The van der Waals surface area contributed by atoms with Gasteiger partial charge in [-0.05, 0) is 25.7 Å². The van der Waals surface area contributed by atoms with Gasteiger partial charge in [0.05, 0.1) is 12.3 Å². The van der Waals surface area contributed by atoms with Crippen LogP contribution in [0.15, 0.2) is 0 Å². The van der Waals surface area contributed by atoms with E-state index in [9.17, 15) is 4.79 Å². The van der Waals surface area contributed by atoms with Crippen LogP contribution < -0.4 is 10.6 Å². The molecule has 2 N–H and O–H groups in total. The van der Waals surface area contributed by atoms with E-state index in [2.05, 4.69) is 15.6 Å². The van der Waals surface area contributed by atoms with Crippen LogP contribution >= 0.6 is 23.7 Å². The molecule has 0 aromatic carbocycles. The summed E-state index contributed by atoms with van der Waals surface area (Å²) in [6.07, 6.45) is 6.79. The number of morpholine rings is 1. The van der Waals surface area contributed by atoms with Gasteiger partial charge in [-0.1, -0.05) is 12.8 Å². The summed E-state index contributed by atoms with van der Waals surface area (Å²) in [5, 5.41) is 6.81. The maximum atomic E-state index is 12.1. The summed E-state index contributed by atoms with van der Waals surface area (Å²) >= 11 is 1.63. The lowest BCUT2D eigenvalue weighted by Gasteiger charge is -2.22. The molecule has 3 rings (SSSR count). The van der Waals surface area contributed by atoms with Crippen LogP contribution in [0.25, 0.3) is 0 Å². The van der Waals surface area contributed by atoms with Crippen LogP contribution in [-0.2, 0) is 22.4 Å². The fraction of sp³-hybridized carbons (Fsp3) is 0.714. The van der Waals surface area contributed by atoms with Crippen LogP contribution in [-0.4, -0.2) is 36.7 Å². The first-order valence-corrected chi connectivity index (χ1v) is 8.26. The summed E-state index contributed by atoms with van der Waals surface area (Å²) in [6.45, 7) is 1.98. The van der Waals surface area contributed by atoms with Crippen LogP contribution in [0.1, 0.15) is 36.3 Å². The maximum Gasteiger partial charge on any atom is 0.256 e. The van der Waals surface area contributed by atoms with E-state index in [1.165, 1.54) is 36.3 Å². The van der Waals surface area contributed by atoms with E-state index >= 15 is 0 Å². The van der Waals surface area contributed by atoms with Crippen molar-refractivity contribution >= 4 is 34.8 Å². The Labute approximate surface area is 135 Å². The van der Waals surface area contributed by atoms with E-state index in [0.717, 1.165) is 24.5 Å². The van der Waals surface area contributed by atoms with Gasteiger partial charge in [0.25, 0.3) is 5.91 Å². The van der Waals surface area contributed by atoms with Crippen molar-refractivity contribution in [2.75, 3.05) is 25.0 Å². The Kier molecular flexibility index (Phi) is 6.41. The third kappa shape index (κ3) is 4.39. The smallest absolute Gasteiger partial charge is 0.256 e. The summed E-state index contributed by atoms with van der Waals surface area (Å²) in [6, 6.07) is 0. The number of aromatic nitrogens is 1. The quantitative estimate of drug-likeness (QED) is 0.871. The van der Waals surface area contributed by atoms with Gasteiger partial charge in [-0.25, -0.2) is 4.98 Å². The highest BCUT2D eigenvalue weighted by Crippen LogP contribution is 2.28. The number of hydrogen-bond donors (Lipinski definition) is 2. The van der Waals surface area contributed by atoms with Gasteiger partial charge in [0, 0.05) is 18.0 Å². The molecule has 5 nitrogen and oxygen atoms in total. The fourth-order valence-corrected chi connectivity index (χ4v) is 3.73. The van der Waals surface area contributed by atoms with Gasteiger partial charge in [0.2, 0.25) is 0 Å².